The van der Waals surface area contributed by atoms with Crippen LogP contribution in [0.2, 0.25) is 0 Å². The maximum absolute atomic E-state index is 14.9. The van der Waals surface area contributed by atoms with Gasteiger partial charge in [0.25, 0.3) is 0 Å². The average molecular weight is 1270 g/mol. The molecule has 0 aromatic heterocycles. The van der Waals surface area contributed by atoms with Crippen molar-refractivity contribution in [1.82, 2.24) is 55.6 Å². The first-order valence-electron chi connectivity index (χ1n) is 31.0. The van der Waals surface area contributed by atoms with Gasteiger partial charge in [0, 0.05) is 68.2 Å². The molecule has 2 aliphatic rings. The summed E-state index contributed by atoms with van der Waals surface area (Å²) in [5.74, 6) is -7.74. The summed E-state index contributed by atoms with van der Waals surface area (Å²) in [4.78, 5) is 166. The summed E-state index contributed by atoms with van der Waals surface area (Å²) in [6.45, 7) is 13.5. The normalized spacial score (nSPS) is 24.6. The Hall–Kier alpha value is -7.33. The van der Waals surface area contributed by atoms with Crippen molar-refractivity contribution in [2.45, 2.75) is 200 Å². The molecule has 1 aliphatic heterocycles. The molecule has 1 aliphatic carbocycles. The second kappa shape index (κ2) is 34.2. The highest BCUT2D eigenvalue weighted by Gasteiger charge is 2.43. The number of hydrogen-bond donors (Lipinski definition) is 4. The number of nitrogens with one attached hydrogen (secondary N) is 4. The van der Waals surface area contributed by atoms with Crippen LogP contribution >= 0.6 is 0 Å². The Kier molecular flexibility index (Phi) is 29.2. The van der Waals surface area contributed by atoms with E-state index in [4.69, 9.17) is 6.42 Å². The van der Waals surface area contributed by atoms with Gasteiger partial charge in [-0.05, 0) is 101 Å². The van der Waals surface area contributed by atoms with Gasteiger partial charge < -0.3 is 55.6 Å². The van der Waals surface area contributed by atoms with Crippen molar-refractivity contribution in [3.63, 3.8) is 0 Å². The van der Waals surface area contributed by atoms with Crippen LogP contribution in [0.4, 0.5) is 17.6 Å². The average Bonchev–Trinajstić information content (AvgIpc) is 2.89. The lowest BCUT2D eigenvalue weighted by Gasteiger charge is -2.38. The van der Waals surface area contributed by atoms with E-state index in [1.54, 1.807) is 20.8 Å². The Morgan fingerprint density at radius 2 is 1.11 bits per heavy atom. The molecular formula is C64H99F4N11O11. The standard InChI is InChI=1S/C64H99F4N11O11/c1-18-22-46-59(87)75(13)36-54(82)73(11)37-55(83)77(15)51(34-42-23-20-19-21-24-42)61(89)74(12)35-52(80)70-47(28-26-43-25-27-44(45(65)33-43)64(66,67)68)60(88)78(16)50(31-40(6)7)58(86)72-63(9,10)62(90)79(17)49(30-39(4)5)56(84)69-41(8)32-53(81)76(14)48(29-38(2)3)57(85)71-46/h1,25,27,33,38-42,46-51H,19-24,26,28-32,34-37H2,2-17H3,(H,69,84)(H,70,80)(H,71,85)(H,72,86)/t41-,46+,47+,48+,49+,50+,51+/m1/s1. The second-order valence-electron chi connectivity index (χ2n) is 26.4. The van der Waals surface area contributed by atoms with E-state index in [2.05, 4.69) is 27.2 Å². The fourth-order valence-electron chi connectivity index (χ4n) is 11.4. The molecular weight excluding hydrogens is 1170 g/mol. The predicted molar refractivity (Wildman–Crippen MR) is 330 cm³/mol. The van der Waals surface area contributed by atoms with Crippen LogP contribution in [0, 0.1) is 41.8 Å². The number of amides is 11. The molecule has 0 bridgehead atoms. The molecule has 1 heterocycles. The maximum Gasteiger partial charge on any atom is 0.419 e. The van der Waals surface area contributed by atoms with Crippen LogP contribution < -0.4 is 21.3 Å². The SMILES string of the molecule is C#CC[C@@H]1NC(=O)[C@H](CC(C)C)N(C)C(=O)C[C@@H](C)NC(=O)[C@H](CC(C)C)N(C)C(=O)C(C)(C)NC(=O)[C@H](CC(C)C)N(C)C(=O)[C@H](CCc2ccc(C(F)(F)F)c(F)c2)NC(=O)CN(C)C(=O)[C@H](CC2CCCCC2)N(C)C(=O)CN(C)C(=O)CN(C)C1=O. The second-order valence-corrected chi connectivity index (χ2v) is 26.4. The first-order chi connectivity index (χ1) is 41.7. The largest absolute Gasteiger partial charge is 0.419 e. The van der Waals surface area contributed by atoms with Crippen molar-refractivity contribution in [2.24, 2.45) is 23.7 Å². The van der Waals surface area contributed by atoms with Gasteiger partial charge in [0.15, 0.2) is 0 Å². The highest BCUT2D eigenvalue weighted by molar-refractivity contribution is 5.98. The molecule has 0 radical (unpaired) electrons. The van der Waals surface area contributed by atoms with E-state index < -0.39 is 150 Å². The van der Waals surface area contributed by atoms with Crippen LogP contribution in [-0.2, 0) is 65.3 Å². The number of alkyl halides is 3. The first-order valence-corrected chi connectivity index (χ1v) is 31.0. The van der Waals surface area contributed by atoms with Crippen molar-refractivity contribution in [2.75, 3.05) is 69.0 Å². The smallest absolute Gasteiger partial charge is 0.351 e. The van der Waals surface area contributed by atoms with Gasteiger partial charge in [-0.25, -0.2) is 4.39 Å². The Morgan fingerprint density at radius 3 is 1.64 bits per heavy atom. The number of benzene rings is 1. The number of terminal acetylenes is 1. The van der Waals surface area contributed by atoms with E-state index >= 15 is 0 Å². The van der Waals surface area contributed by atoms with Gasteiger partial charge in [-0.15, -0.1) is 12.3 Å². The van der Waals surface area contributed by atoms with Crippen molar-refractivity contribution >= 4 is 65.0 Å². The van der Waals surface area contributed by atoms with Gasteiger partial charge in [-0.2, -0.15) is 13.2 Å². The van der Waals surface area contributed by atoms with E-state index in [1.165, 1.54) is 77.9 Å². The molecule has 504 valence electrons. The van der Waals surface area contributed by atoms with Crippen LogP contribution in [0.5, 0.6) is 0 Å². The van der Waals surface area contributed by atoms with Gasteiger partial charge in [-0.3, -0.25) is 52.7 Å². The lowest BCUT2D eigenvalue weighted by atomic mass is 9.84. The van der Waals surface area contributed by atoms with Gasteiger partial charge in [0.2, 0.25) is 65.0 Å². The number of nitrogens with zero attached hydrogens (tertiary/aromatic N) is 7. The lowest BCUT2D eigenvalue weighted by molar-refractivity contribution is -0.149. The number of halogens is 4. The Labute approximate surface area is 529 Å². The fourth-order valence-corrected chi connectivity index (χ4v) is 11.4. The molecule has 2 fully saturated rings. The predicted octanol–water partition coefficient (Wildman–Crippen LogP) is 4.37. The van der Waals surface area contributed by atoms with Crippen LogP contribution in [-0.4, -0.2) is 216 Å². The molecule has 1 aromatic carbocycles. The molecule has 90 heavy (non-hydrogen) atoms. The maximum atomic E-state index is 14.9. The molecule has 0 spiro atoms. The number of rotatable bonds is 12. The summed E-state index contributed by atoms with van der Waals surface area (Å²) in [5, 5.41) is 10.9. The molecule has 3 rings (SSSR count). The van der Waals surface area contributed by atoms with E-state index in [9.17, 15) is 70.3 Å². The quantitative estimate of drug-likeness (QED) is 0.169. The van der Waals surface area contributed by atoms with Crippen molar-refractivity contribution < 1.29 is 70.3 Å². The van der Waals surface area contributed by atoms with Gasteiger partial charge in [0.1, 0.15) is 47.6 Å². The van der Waals surface area contributed by atoms with Crippen molar-refractivity contribution in [3.05, 3.63) is 35.1 Å². The summed E-state index contributed by atoms with van der Waals surface area (Å²) >= 11 is 0. The zero-order valence-corrected chi connectivity index (χ0v) is 55.6. The first kappa shape index (κ1) is 76.9. The molecule has 1 saturated carbocycles. The minimum atomic E-state index is -5.00. The molecule has 11 amide bonds. The molecule has 4 N–H and O–H groups in total. The monoisotopic (exact) mass is 1270 g/mol. The van der Waals surface area contributed by atoms with Crippen molar-refractivity contribution in [3.8, 4) is 12.3 Å². The Balaban J connectivity index is 2.21. The summed E-state index contributed by atoms with van der Waals surface area (Å²) in [6.07, 6.45) is 4.16. The van der Waals surface area contributed by atoms with E-state index in [0.29, 0.717) is 12.1 Å². The minimum absolute atomic E-state index is 0.00481. The van der Waals surface area contributed by atoms with Crippen molar-refractivity contribution in [1.29, 1.82) is 0 Å². The highest BCUT2D eigenvalue weighted by Crippen LogP contribution is 2.33. The Bertz CT molecular complexity index is 2770. The summed E-state index contributed by atoms with van der Waals surface area (Å²) < 4.78 is 55.7. The van der Waals surface area contributed by atoms with E-state index in [0.717, 1.165) is 57.8 Å². The fraction of sp³-hybridized carbons (Fsp3) is 0.703. The number of likely N-dealkylation sites (N-methyl/N-ethyl adjacent to an activating group) is 7. The van der Waals surface area contributed by atoms with Crippen LogP contribution in [0.15, 0.2) is 18.2 Å². The number of carbonyl (C=O) groups excluding carboxylic acids is 11. The van der Waals surface area contributed by atoms with E-state index in [-0.39, 0.29) is 80.6 Å². The number of carbonyl (C=O) groups is 11. The lowest BCUT2D eigenvalue weighted by Crippen LogP contribution is -2.63. The topological polar surface area (TPSA) is 259 Å². The molecule has 0 unspecified atom stereocenters. The number of hydrogen-bond acceptors (Lipinski definition) is 11. The third kappa shape index (κ3) is 22.6. The zero-order chi connectivity index (χ0) is 68.4. The van der Waals surface area contributed by atoms with Crippen LogP contribution in [0.25, 0.3) is 0 Å². The minimum Gasteiger partial charge on any atom is -0.351 e. The summed E-state index contributed by atoms with van der Waals surface area (Å²) in [6, 6.07) is -6.28. The molecule has 1 saturated heterocycles. The van der Waals surface area contributed by atoms with Gasteiger partial charge in [0.05, 0.1) is 25.2 Å². The molecule has 22 nitrogen and oxygen atoms in total. The summed E-state index contributed by atoms with van der Waals surface area (Å²) in [7, 11) is 9.46. The number of aryl methyl sites for hydroxylation is 1. The van der Waals surface area contributed by atoms with Gasteiger partial charge in [-0.1, -0.05) is 79.7 Å². The zero-order valence-electron chi connectivity index (χ0n) is 55.6. The molecule has 7 atom stereocenters. The molecule has 26 heteroatoms. The van der Waals surface area contributed by atoms with Crippen LogP contribution in [0.1, 0.15) is 150 Å². The Morgan fingerprint density at radius 1 is 0.600 bits per heavy atom. The third-order valence-corrected chi connectivity index (χ3v) is 16.7. The third-order valence-electron chi connectivity index (χ3n) is 16.7. The highest BCUT2D eigenvalue weighted by atomic mass is 19.4. The van der Waals surface area contributed by atoms with Gasteiger partial charge >= 0.3 is 6.18 Å². The van der Waals surface area contributed by atoms with E-state index in [1.807, 2.05) is 27.7 Å². The summed E-state index contributed by atoms with van der Waals surface area (Å²) in [5.41, 5.74) is -3.24. The van der Waals surface area contributed by atoms with Crippen LogP contribution in [0.3, 0.4) is 0 Å². The molecule has 1 aromatic rings.